The lowest BCUT2D eigenvalue weighted by Gasteiger charge is -2.36. The van der Waals surface area contributed by atoms with Crippen molar-refractivity contribution in [1.29, 1.82) is 0 Å². The molecule has 0 saturated heterocycles. The highest BCUT2D eigenvalue weighted by Gasteiger charge is 2.41. The zero-order chi connectivity index (χ0) is 10.4. The quantitative estimate of drug-likeness (QED) is 0.603. The van der Waals surface area contributed by atoms with Gasteiger partial charge < -0.3 is 15.1 Å². The molecule has 1 saturated carbocycles. The fourth-order valence-corrected chi connectivity index (χ4v) is 3.18. The Morgan fingerprint density at radius 3 is 2.79 bits per heavy atom. The first-order valence-corrected chi connectivity index (χ1v) is 6.58. The minimum Gasteiger partial charge on any atom is -0.426 e. The van der Waals surface area contributed by atoms with Crippen LogP contribution in [0.3, 0.4) is 0 Å². The first kappa shape index (κ1) is 12.2. The van der Waals surface area contributed by atoms with Crippen LogP contribution in [0.15, 0.2) is 0 Å². The molecule has 0 bridgehead atoms. The third-order valence-corrected chi connectivity index (χ3v) is 3.45. The number of hydrogen-bond donors (Lipinski definition) is 2. The van der Waals surface area contributed by atoms with Crippen molar-refractivity contribution in [3.05, 3.63) is 0 Å². The predicted octanol–water partition coefficient (Wildman–Crippen LogP) is -0.206. The first-order chi connectivity index (χ1) is 6.79. The molecule has 1 aliphatic rings. The highest BCUT2D eigenvalue weighted by atomic mass is 28.2. The maximum atomic E-state index is 5.49. The molecule has 2 N–H and O–H groups in total. The van der Waals surface area contributed by atoms with Crippen molar-refractivity contribution < 1.29 is 4.43 Å². The van der Waals surface area contributed by atoms with Gasteiger partial charge >= 0.3 is 0 Å². The van der Waals surface area contributed by atoms with Gasteiger partial charge in [0.25, 0.3) is 0 Å². The van der Waals surface area contributed by atoms with Gasteiger partial charge in [0.2, 0.25) is 0 Å². The Labute approximate surface area is 90.5 Å². The molecule has 3 nitrogen and oxygen atoms in total. The minimum absolute atomic E-state index is 0.215. The maximum absolute atomic E-state index is 5.49. The van der Waals surface area contributed by atoms with Crippen LogP contribution in [0.2, 0.25) is 0 Å². The number of hydrogen-bond acceptors (Lipinski definition) is 3. The molecule has 2 unspecified atom stereocenters. The van der Waals surface area contributed by atoms with Gasteiger partial charge in [-0.3, -0.25) is 0 Å². The molecule has 84 valence electrons. The summed E-state index contributed by atoms with van der Waals surface area (Å²) in [5.41, 5.74) is 0.215. The monoisotopic (exact) mass is 216 g/mol. The second-order valence-electron chi connectivity index (χ2n) is 4.12. The largest absolute Gasteiger partial charge is 0.426 e. The standard InChI is InChI=1S/C10H24N2OSi/c1-3-11-9-6-5-7-10(9,8-13-14)12-4-2/h9,11-12H,3-8H2,1-2,14H3. The minimum atomic E-state index is 0.215. The van der Waals surface area contributed by atoms with Gasteiger partial charge in [-0.1, -0.05) is 13.8 Å². The van der Waals surface area contributed by atoms with E-state index < -0.39 is 0 Å². The summed E-state index contributed by atoms with van der Waals surface area (Å²) in [6, 6.07) is 0.599. The van der Waals surface area contributed by atoms with Crippen LogP contribution in [-0.4, -0.2) is 41.8 Å². The third kappa shape index (κ3) is 2.57. The number of likely N-dealkylation sites (N-methyl/N-ethyl adjacent to an activating group) is 2. The van der Waals surface area contributed by atoms with Crippen molar-refractivity contribution in [1.82, 2.24) is 10.6 Å². The average Bonchev–Trinajstić information content (AvgIpc) is 2.51. The lowest BCUT2D eigenvalue weighted by Crippen LogP contribution is -2.59. The highest BCUT2D eigenvalue weighted by Crippen LogP contribution is 2.30. The molecule has 0 spiro atoms. The molecule has 4 heteroatoms. The number of nitrogens with one attached hydrogen (secondary N) is 2. The van der Waals surface area contributed by atoms with E-state index in [1.54, 1.807) is 0 Å². The van der Waals surface area contributed by atoms with E-state index in [1.807, 2.05) is 0 Å². The normalized spacial score (nSPS) is 32.6. The Hall–Kier alpha value is 0.0969. The summed E-state index contributed by atoms with van der Waals surface area (Å²) < 4.78 is 5.49. The van der Waals surface area contributed by atoms with E-state index >= 15 is 0 Å². The van der Waals surface area contributed by atoms with Crippen LogP contribution in [0.1, 0.15) is 33.1 Å². The average molecular weight is 216 g/mol. The maximum Gasteiger partial charge on any atom is 0.146 e. The van der Waals surface area contributed by atoms with Gasteiger partial charge in [0.1, 0.15) is 10.5 Å². The molecule has 0 amide bonds. The van der Waals surface area contributed by atoms with E-state index in [9.17, 15) is 0 Å². The first-order valence-electron chi connectivity index (χ1n) is 5.76. The van der Waals surface area contributed by atoms with Crippen LogP contribution in [0.5, 0.6) is 0 Å². The Morgan fingerprint density at radius 2 is 2.21 bits per heavy atom. The van der Waals surface area contributed by atoms with E-state index in [0.717, 1.165) is 30.2 Å². The lowest BCUT2D eigenvalue weighted by atomic mass is 9.94. The van der Waals surface area contributed by atoms with Crippen LogP contribution >= 0.6 is 0 Å². The zero-order valence-corrected chi connectivity index (χ0v) is 11.7. The summed E-state index contributed by atoms with van der Waals surface area (Å²) >= 11 is 0. The Bertz CT molecular complexity index is 160. The number of rotatable bonds is 6. The van der Waals surface area contributed by atoms with Gasteiger partial charge in [0.05, 0.1) is 12.1 Å². The van der Waals surface area contributed by atoms with Crippen molar-refractivity contribution in [3.63, 3.8) is 0 Å². The molecular formula is C10H24N2OSi. The van der Waals surface area contributed by atoms with E-state index in [1.165, 1.54) is 19.3 Å². The molecular weight excluding hydrogens is 192 g/mol. The fourth-order valence-electron chi connectivity index (χ4n) is 2.66. The molecule has 0 heterocycles. The summed E-state index contributed by atoms with van der Waals surface area (Å²) in [6.45, 7) is 7.32. The molecule has 14 heavy (non-hydrogen) atoms. The summed E-state index contributed by atoms with van der Waals surface area (Å²) in [5.74, 6) is 0. The Kier molecular flexibility index (Phi) is 5.09. The van der Waals surface area contributed by atoms with Crippen molar-refractivity contribution in [3.8, 4) is 0 Å². The van der Waals surface area contributed by atoms with Gasteiger partial charge in [0, 0.05) is 6.04 Å². The van der Waals surface area contributed by atoms with Gasteiger partial charge in [-0.2, -0.15) is 0 Å². The molecule has 0 aromatic heterocycles. The van der Waals surface area contributed by atoms with Crippen LogP contribution in [-0.2, 0) is 4.43 Å². The molecule has 0 aromatic carbocycles. The van der Waals surface area contributed by atoms with Gasteiger partial charge in [-0.25, -0.2) is 0 Å². The molecule has 1 aliphatic carbocycles. The molecule has 1 rings (SSSR count). The molecule has 1 fully saturated rings. The van der Waals surface area contributed by atoms with Gasteiger partial charge in [-0.15, -0.1) is 0 Å². The van der Waals surface area contributed by atoms with Crippen molar-refractivity contribution >= 4 is 10.5 Å². The summed E-state index contributed by atoms with van der Waals surface area (Å²) in [4.78, 5) is 0. The molecule has 0 aliphatic heterocycles. The SMILES string of the molecule is CCNC1CCCC1(CO[SiH3])NCC. The second-order valence-corrected chi connectivity index (χ2v) is 4.70. The molecule has 0 radical (unpaired) electrons. The Balaban J connectivity index is 2.61. The molecule has 0 aromatic rings. The van der Waals surface area contributed by atoms with Crippen molar-refractivity contribution in [2.24, 2.45) is 0 Å². The van der Waals surface area contributed by atoms with Gasteiger partial charge in [0.15, 0.2) is 0 Å². The summed E-state index contributed by atoms with van der Waals surface area (Å²) in [6.07, 6.45) is 3.85. The van der Waals surface area contributed by atoms with Crippen LogP contribution in [0.4, 0.5) is 0 Å². The zero-order valence-electron chi connectivity index (χ0n) is 9.73. The van der Waals surface area contributed by atoms with Crippen LogP contribution in [0, 0.1) is 0 Å². The van der Waals surface area contributed by atoms with Crippen LogP contribution < -0.4 is 10.6 Å². The second kappa shape index (κ2) is 5.85. The van der Waals surface area contributed by atoms with E-state index in [4.69, 9.17) is 4.43 Å². The van der Waals surface area contributed by atoms with Crippen LogP contribution in [0.25, 0.3) is 0 Å². The highest BCUT2D eigenvalue weighted by molar-refractivity contribution is 5.98. The van der Waals surface area contributed by atoms with Crippen molar-refractivity contribution in [2.75, 3.05) is 19.7 Å². The fraction of sp³-hybridized carbons (Fsp3) is 1.00. The summed E-state index contributed by atoms with van der Waals surface area (Å²) in [7, 11) is 0.841. The van der Waals surface area contributed by atoms with E-state index in [2.05, 4.69) is 24.5 Å². The van der Waals surface area contributed by atoms with Gasteiger partial charge in [-0.05, 0) is 32.4 Å². The predicted molar refractivity (Wildman–Crippen MR) is 63.6 cm³/mol. The molecule has 2 atom stereocenters. The van der Waals surface area contributed by atoms with E-state index in [-0.39, 0.29) is 5.54 Å². The summed E-state index contributed by atoms with van der Waals surface area (Å²) in [5, 5.41) is 7.21. The lowest BCUT2D eigenvalue weighted by molar-refractivity contribution is 0.166. The van der Waals surface area contributed by atoms with E-state index in [0.29, 0.717) is 6.04 Å². The third-order valence-electron chi connectivity index (χ3n) is 3.16. The van der Waals surface area contributed by atoms with Crippen molar-refractivity contribution in [2.45, 2.75) is 44.7 Å². The smallest absolute Gasteiger partial charge is 0.146 e. The Morgan fingerprint density at radius 1 is 1.43 bits per heavy atom. The topological polar surface area (TPSA) is 33.3 Å².